The second kappa shape index (κ2) is 9.88. The van der Waals surface area contributed by atoms with Gasteiger partial charge in [-0.3, -0.25) is 0 Å². The van der Waals surface area contributed by atoms with Crippen LogP contribution in [0.2, 0.25) is 0 Å². The molecule has 0 radical (unpaired) electrons. The summed E-state index contributed by atoms with van der Waals surface area (Å²) in [4.78, 5) is 0. The fraction of sp³-hybridized carbons (Fsp3) is 1.00. The van der Waals surface area contributed by atoms with Crippen LogP contribution in [0.15, 0.2) is 0 Å². The minimum Gasteiger partial charge on any atom is -0.394 e. The van der Waals surface area contributed by atoms with Crippen molar-refractivity contribution in [2.24, 2.45) is 0 Å². The first kappa shape index (κ1) is 19.8. The third-order valence-corrected chi connectivity index (χ3v) is 1.51. The summed E-state index contributed by atoms with van der Waals surface area (Å²) in [6, 6.07) is 0. The molecule has 4 atom stereocenters. The molecule has 0 aliphatic carbocycles. The van der Waals surface area contributed by atoms with Crippen LogP contribution in [0.1, 0.15) is 0 Å². The number of halogens is 2. The molecule has 0 bridgehead atoms. The molecule has 0 saturated carbocycles. The van der Waals surface area contributed by atoms with Gasteiger partial charge in [-0.15, -0.1) is 24.8 Å². The van der Waals surface area contributed by atoms with Crippen molar-refractivity contribution in [3.63, 3.8) is 0 Å². The first-order chi connectivity index (χ1) is 5.54. The molecule has 14 heavy (non-hydrogen) atoms. The summed E-state index contributed by atoms with van der Waals surface area (Å²) in [6.07, 6.45) is -6.39. The zero-order valence-corrected chi connectivity index (χ0v) is 8.86. The molecule has 8 heteroatoms. The van der Waals surface area contributed by atoms with Crippen LogP contribution in [0, 0.1) is 0 Å². The number of aliphatic hydroxyl groups is 6. The van der Waals surface area contributed by atoms with Gasteiger partial charge in [-0.2, -0.15) is 0 Å². The van der Waals surface area contributed by atoms with E-state index < -0.39 is 37.6 Å². The van der Waals surface area contributed by atoms with Gasteiger partial charge in [0.1, 0.15) is 24.4 Å². The Morgan fingerprint density at radius 1 is 0.643 bits per heavy atom. The molecule has 0 aromatic rings. The smallest absolute Gasteiger partial charge is 0.111 e. The molecule has 6 nitrogen and oxygen atoms in total. The van der Waals surface area contributed by atoms with E-state index in [9.17, 15) is 0 Å². The second-order valence-electron chi connectivity index (χ2n) is 2.48. The fourth-order valence-corrected chi connectivity index (χ4v) is 0.671. The quantitative estimate of drug-likeness (QED) is 0.317. The molecule has 0 fully saturated rings. The topological polar surface area (TPSA) is 121 Å². The van der Waals surface area contributed by atoms with Crippen molar-refractivity contribution >= 4 is 24.8 Å². The molecule has 0 aromatic carbocycles. The molecule has 90 valence electrons. The van der Waals surface area contributed by atoms with E-state index in [0.29, 0.717) is 0 Å². The van der Waals surface area contributed by atoms with Crippen LogP contribution in [0.5, 0.6) is 0 Å². The fourth-order valence-electron chi connectivity index (χ4n) is 0.671. The summed E-state index contributed by atoms with van der Waals surface area (Å²) in [7, 11) is 0. The standard InChI is InChI=1S/C6H14O6.2ClH/c7-1-3(9)5(11)6(12)4(10)2-8;;/h3-12H,1-2H2;2*1H/t3-,4-,5-,6-;;/m1../s1. The van der Waals surface area contributed by atoms with E-state index in [1.54, 1.807) is 0 Å². The van der Waals surface area contributed by atoms with E-state index in [2.05, 4.69) is 0 Å². The monoisotopic (exact) mass is 254 g/mol. The van der Waals surface area contributed by atoms with Crippen LogP contribution in [-0.2, 0) is 0 Å². The maximum absolute atomic E-state index is 8.96. The van der Waals surface area contributed by atoms with E-state index in [1.807, 2.05) is 0 Å². The lowest BCUT2D eigenvalue weighted by atomic mass is 10.0. The van der Waals surface area contributed by atoms with Crippen LogP contribution in [-0.4, -0.2) is 68.3 Å². The van der Waals surface area contributed by atoms with Crippen LogP contribution < -0.4 is 0 Å². The van der Waals surface area contributed by atoms with Crippen molar-refractivity contribution in [3.05, 3.63) is 0 Å². The van der Waals surface area contributed by atoms with Crippen molar-refractivity contribution in [2.45, 2.75) is 24.4 Å². The molecule has 0 aromatic heterocycles. The molecule has 0 amide bonds. The van der Waals surface area contributed by atoms with E-state index in [1.165, 1.54) is 0 Å². The van der Waals surface area contributed by atoms with E-state index in [0.717, 1.165) is 0 Å². The Morgan fingerprint density at radius 2 is 0.857 bits per heavy atom. The van der Waals surface area contributed by atoms with E-state index in [-0.39, 0.29) is 24.8 Å². The highest BCUT2D eigenvalue weighted by Gasteiger charge is 2.29. The SMILES string of the molecule is Cl.Cl.OC[C@@H](O)[C@@H](O)[C@H](O)[C@H](O)CO. The second-order valence-corrected chi connectivity index (χ2v) is 2.48. The van der Waals surface area contributed by atoms with Crippen LogP contribution >= 0.6 is 24.8 Å². The maximum Gasteiger partial charge on any atom is 0.111 e. The highest BCUT2D eigenvalue weighted by molar-refractivity contribution is 5.85. The Balaban J connectivity index is -0.000000605. The minimum atomic E-state index is -1.67. The van der Waals surface area contributed by atoms with Gasteiger partial charge >= 0.3 is 0 Å². The average Bonchev–Trinajstić information content (AvgIpc) is 2.12. The first-order valence-electron chi connectivity index (χ1n) is 3.48. The molecular formula is C6H16Cl2O6. The van der Waals surface area contributed by atoms with Crippen molar-refractivity contribution in [2.75, 3.05) is 13.2 Å². The Hall–Kier alpha value is 0.340. The molecule has 0 saturated heterocycles. The van der Waals surface area contributed by atoms with E-state index >= 15 is 0 Å². The molecule has 0 aliphatic rings. The van der Waals surface area contributed by atoms with Gasteiger partial charge in [0.05, 0.1) is 13.2 Å². The van der Waals surface area contributed by atoms with Gasteiger partial charge in [0.15, 0.2) is 0 Å². The predicted molar refractivity (Wildman–Crippen MR) is 52.7 cm³/mol. The Kier molecular flexibility index (Phi) is 14.0. The number of hydrogen-bond donors (Lipinski definition) is 6. The van der Waals surface area contributed by atoms with E-state index in [4.69, 9.17) is 30.6 Å². The Morgan fingerprint density at radius 3 is 1.00 bits per heavy atom. The molecule has 0 aliphatic heterocycles. The molecule has 0 rings (SSSR count). The zero-order chi connectivity index (χ0) is 9.72. The third kappa shape index (κ3) is 5.94. The summed E-state index contributed by atoms with van der Waals surface area (Å²) >= 11 is 0. The summed E-state index contributed by atoms with van der Waals surface area (Å²) in [5, 5.41) is 52.2. The van der Waals surface area contributed by atoms with Gasteiger partial charge in [0.25, 0.3) is 0 Å². The van der Waals surface area contributed by atoms with Crippen molar-refractivity contribution < 1.29 is 30.6 Å². The van der Waals surface area contributed by atoms with Crippen LogP contribution in [0.25, 0.3) is 0 Å². The minimum absolute atomic E-state index is 0. The number of hydrogen-bond acceptors (Lipinski definition) is 6. The highest BCUT2D eigenvalue weighted by atomic mass is 35.5. The zero-order valence-electron chi connectivity index (χ0n) is 7.22. The lowest BCUT2D eigenvalue weighted by Gasteiger charge is -2.24. The largest absolute Gasteiger partial charge is 0.394 e. The third-order valence-electron chi connectivity index (χ3n) is 1.51. The number of rotatable bonds is 5. The Bertz CT molecular complexity index is 113. The first-order valence-corrected chi connectivity index (χ1v) is 3.48. The van der Waals surface area contributed by atoms with Crippen molar-refractivity contribution in [1.29, 1.82) is 0 Å². The predicted octanol–water partition coefficient (Wildman–Crippen LogP) is -2.74. The summed E-state index contributed by atoms with van der Waals surface area (Å²) in [5.74, 6) is 0. The molecule has 0 heterocycles. The normalized spacial score (nSPS) is 18.4. The molecule has 0 spiro atoms. The average molecular weight is 255 g/mol. The Labute approximate surface area is 93.6 Å². The number of aliphatic hydroxyl groups excluding tert-OH is 6. The molecule has 0 unspecified atom stereocenters. The lowest BCUT2D eigenvalue weighted by Crippen LogP contribution is -2.46. The van der Waals surface area contributed by atoms with Gasteiger partial charge in [-0.25, -0.2) is 0 Å². The summed E-state index contributed by atoms with van der Waals surface area (Å²) in [5.41, 5.74) is 0. The maximum atomic E-state index is 8.96. The van der Waals surface area contributed by atoms with Crippen molar-refractivity contribution in [3.8, 4) is 0 Å². The van der Waals surface area contributed by atoms with Crippen molar-refractivity contribution in [1.82, 2.24) is 0 Å². The highest BCUT2D eigenvalue weighted by Crippen LogP contribution is 2.03. The molecule has 6 N–H and O–H groups in total. The van der Waals surface area contributed by atoms with Gasteiger partial charge in [-0.05, 0) is 0 Å². The van der Waals surface area contributed by atoms with Gasteiger partial charge < -0.3 is 30.6 Å². The van der Waals surface area contributed by atoms with Crippen LogP contribution in [0.3, 0.4) is 0 Å². The van der Waals surface area contributed by atoms with Gasteiger partial charge in [-0.1, -0.05) is 0 Å². The lowest BCUT2D eigenvalue weighted by molar-refractivity contribution is -0.123. The van der Waals surface area contributed by atoms with Gasteiger partial charge in [0.2, 0.25) is 0 Å². The van der Waals surface area contributed by atoms with Gasteiger partial charge in [0, 0.05) is 0 Å². The molecular weight excluding hydrogens is 239 g/mol. The summed E-state index contributed by atoms with van der Waals surface area (Å²) in [6.45, 7) is -1.45. The summed E-state index contributed by atoms with van der Waals surface area (Å²) < 4.78 is 0. The van der Waals surface area contributed by atoms with Crippen LogP contribution in [0.4, 0.5) is 0 Å².